The van der Waals surface area contributed by atoms with Gasteiger partial charge in [-0.05, 0) is 12.8 Å². The van der Waals surface area contributed by atoms with Crippen LogP contribution in [-0.2, 0) is 13.6 Å². The molecule has 0 atom stereocenters. The minimum absolute atomic E-state index is 1.18. The Morgan fingerprint density at radius 2 is 1.16 bits per heavy atom. The van der Waals surface area contributed by atoms with Crippen molar-refractivity contribution in [3.63, 3.8) is 0 Å². The second-order valence-electron chi connectivity index (χ2n) is 6.46. The first-order valence-corrected chi connectivity index (χ1v) is 14.6. The molecule has 0 saturated carbocycles. The van der Waals surface area contributed by atoms with E-state index in [1.165, 1.54) is 70.8 Å². The van der Waals surface area contributed by atoms with Crippen LogP contribution in [0.4, 0.5) is 16.9 Å². The summed E-state index contributed by atoms with van der Waals surface area (Å²) in [5.41, 5.74) is 0. The van der Waals surface area contributed by atoms with Gasteiger partial charge in [0.1, 0.15) is 12.4 Å². The first-order chi connectivity index (χ1) is 11.3. The Hall–Kier alpha value is -0.392. The van der Waals surface area contributed by atoms with Crippen LogP contribution >= 0.6 is 0 Å². The van der Waals surface area contributed by atoms with Gasteiger partial charge >= 0.3 is 36.4 Å². The number of imidazole rings is 1. The summed E-state index contributed by atoms with van der Waals surface area (Å²) in [6.07, 6.45) is 20.6. The van der Waals surface area contributed by atoms with Crippen LogP contribution in [0.1, 0.15) is 71.1 Å². The summed E-state index contributed by atoms with van der Waals surface area (Å²) < 4.78 is 63.9. The molecule has 0 spiro atoms. The average Bonchev–Trinajstić information content (AvgIpc) is 2.83. The second-order valence-corrected chi connectivity index (χ2v) is 11.9. The van der Waals surface area contributed by atoms with Gasteiger partial charge < -0.3 is 0 Å². The van der Waals surface area contributed by atoms with Crippen molar-refractivity contribution in [1.29, 1.82) is 0 Å². The van der Waals surface area contributed by atoms with E-state index < -0.39 is 19.5 Å². The number of nitrogens with zero attached hydrogens (tertiary/aromatic N) is 2. The van der Waals surface area contributed by atoms with Gasteiger partial charge in [-0.2, -0.15) is 0 Å². The quantitative estimate of drug-likeness (QED) is 0.148. The zero-order valence-electron chi connectivity index (χ0n) is 15.1. The summed E-state index contributed by atoms with van der Waals surface area (Å²) in [7, 11) is 2.08. The van der Waals surface area contributed by atoms with Crippen molar-refractivity contribution in [3.05, 3.63) is 18.7 Å². The SMILES string of the molecule is CCCCCCCCCCCCn1cc[n+](C)c1.[F][Sb-]([F])([F])([F])([F])[F]. The minimum atomic E-state index is -11.2. The molecule has 0 N–H and O–H groups in total. The number of aromatic nitrogens is 2. The van der Waals surface area contributed by atoms with E-state index in [1.54, 1.807) is 0 Å². The second kappa shape index (κ2) is 10.1. The van der Waals surface area contributed by atoms with E-state index in [4.69, 9.17) is 0 Å². The number of hydrogen-bond acceptors (Lipinski definition) is 0. The molecule has 25 heavy (non-hydrogen) atoms. The molecular formula is C16H31F6N2Sb. The summed E-state index contributed by atoms with van der Waals surface area (Å²) in [5.74, 6) is 0. The number of aryl methyl sites for hydroxylation is 2. The van der Waals surface area contributed by atoms with E-state index in [-0.39, 0.29) is 0 Å². The predicted molar refractivity (Wildman–Crippen MR) is 89.9 cm³/mol. The van der Waals surface area contributed by atoms with Crippen molar-refractivity contribution in [2.24, 2.45) is 7.05 Å². The molecule has 0 radical (unpaired) electrons. The molecule has 1 aromatic rings. The Morgan fingerprint density at radius 1 is 0.760 bits per heavy atom. The standard InChI is InChI=1S/C16H31N2.6FH.Sb/c1-3-4-5-6-7-8-9-10-11-12-13-18-15-14-17(2)16-18;;;;;;;/h14-16H,3-13H2,1-2H3;6*1H;/q+1;;;;;;;+5/p-6. The summed E-state index contributed by atoms with van der Waals surface area (Å²) in [5, 5.41) is 0. The predicted octanol–water partition coefficient (Wildman–Crippen LogP) is 6.37. The Labute approximate surface area is 149 Å². The molecule has 1 rings (SSSR count). The van der Waals surface area contributed by atoms with E-state index in [9.17, 15) is 16.9 Å². The molecule has 0 saturated heterocycles. The molecule has 0 amide bonds. The zero-order chi connectivity index (χ0) is 19.5. The number of rotatable bonds is 11. The van der Waals surface area contributed by atoms with E-state index in [0.29, 0.717) is 0 Å². The number of unbranched alkanes of at least 4 members (excludes halogenated alkanes) is 9. The molecule has 1 heterocycles. The Morgan fingerprint density at radius 3 is 1.52 bits per heavy atom. The maximum absolute atomic E-state index is 11.2. The Balaban J connectivity index is 0.000000697. The van der Waals surface area contributed by atoms with Crippen LogP contribution in [0, 0.1) is 0 Å². The first-order valence-electron chi connectivity index (χ1n) is 8.85. The summed E-state index contributed by atoms with van der Waals surface area (Å²) in [6.45, 7) is 3.46. The third kappa shape index (κ3) is 26.0. The van der Waals surface area contributed by atoms with Crippen LogP contribution in [0.5, 0.6) is 0 Å². The zero-order valence-corrected chi connectivity index (χ0v) is 17.7. The van der Waals surface area contributed by atoms with Gasteiger partial charge in [0.25, 0.3) is 0 Å². The molecule has 0 aliphatic carbocycles. The Bertz CT molecular complexity index is 458. The van der Waals surface area contributed by atoms with Gasteiger partial charge in [0, 0.05) is 0 Å². The number of halogens is 6. The van der Waals surface area contributed by atoms with Crippen molar-refractivity contribution >= 4 is 19.5 Å². The van der Waals surface area contributed by atoms with Crippen LogP contribution < -0.4 is 4.57 Å². The molecule has 1 aromatic heterocycles. The molecule has 0 aliphatic heterocycles. The van der Waals surface area contributed by atoms with Crippen LogP contribution in [0.25, 0.3) is 0 Å². The van der Waals surface area contributed by atoms with Gasteiger partial charge in [0.05, 0.1) is 13.6 Å². The average molecular weight is 487 g/mol. The molecule has 0 bridgehead atoms. The van der Waals surface area contributed by atoms with E-state index >= 15 is 0 Å². The fourth-order valence-electron chi connectivity index (χ4n) is 2.42. The summed E-state index contributed by atoms with van der Waals surface area (Å²) in [4.78, 5) is 0. The van der Waals surface area contributed by atoms with E-state index in [1.807, 2.05) is 0 Å². The fraction of sp³-hybridized carbons (Fsp3) is 0.812. The molecular weight excluding hydrogens is 456 g/mol. The van der Waals surface area contributed by atoms with Crippen LogP contribution in [0.3, 0.4) is 0 Å². The van der Waals surface area contributed by atoms with Gasteiger partial charge in [0.2, 0.25) is 6.33 Å². The number of hydrogen-bond donors (Lipinski definition) is 0. The summed E-state index contributed by atoms with van der Waals surface area (Å²) >= 11 is -11.2. The normalized spacial score (nSPS) is 14.4. The van der Waals surface area contributed by atoms with Gasteiger partial charge in [-0.1, -0.05) is 58.3 Å². The molecule has 0 aliphatic rings. The van der Waals surface area contributed by atoms with Crippen LogP contribution in [0.2, 0.25) is 0 Å². The Kier molecular flexibility index (Phi) is 9.92. The van der Waals surface area contributed by atoms with Crippen molar-refractivity contribution in [3.8, 4) is 0 Å². The molecule has 2 nitrogen and oxygen atoms in total. The fourth-order valence-corrected chi connectivity index (χ4v) is 2.42. The van der Waals surface area contributed by atoms with Crippen molar-refractivity contribution < 1.29 is 21.4 Å². The summed E-state index contributed by atoms with van der Waals surface area (Å²) in [6, 6.07) is 0. The third-order valence-corrected chi connectivity index (χ3v) is 3.59. The van der Waals surface area contributed by atoms with Gasteiger partial charge in [-0.25, -0.2) is 9.13 Å². The topological polar surface area (TPSA) is 8.81 Å². The van der Waals surface area contributed by atoms with E-state index in [0.717, 1.165) is 0 Å². The molecule has 0 unspecified atom stereocenters. The molecule has 0 fully saturated rings. The molecule has 0 aromatic carbocycles. The van der Waals surface area contributed by atoms with Crippen LogP contribution in [-0.4, -0.2) is 24.0 Å². The van der Waals surface area contributed by atoms with Crippen LogP contribution in [0.15, 0.2) is 18.7 Å². The molecule has 9 heteroatoms. The van der Waals surface area contributed by atoms with Crippen molar-refractivity contribution in [1.82, 2.24) is 4.57 Å². The first kappa shape index (κ1) is 24.6. The van der Waals surface area contributed by atoms with Crippen molar-refractivity contribution in [2.45, 2.75) is 77.7 Å². The maximum atomic E-state index is 9.93. The van der Waals surface area contributed by atoms with E-state index in [2.05, 4.69) is 41.8 Å². The molecule has 152 valence electrons. The van der Waals surface area contributed by atoms with Gasteiger partial charge in [0.15, 0.2) is 0 Å². The monoisotopic (exact) mass is 486 g/mol. The third-order valence-electron chi connectivity index (χ3n) is 3.59. The van der Waals surface area contributed by atoms with Gasteiger partial charge in [-0.15, -0.1) is 0 Å². The van der Waals surface area contributed by atoms with Gasteiger partial charge in [-0.3, -0.25) is 0 Å². The van der Waals surface area contributed by atoms with Crippen molar-refractivity contribution in [2.75, 3.05) is 0 Å².